The van der Waals surface area contributed by atoms with E-state index < -0.39 is 0 Å². The van der Waals surface area contributed by atoms with E-state index in [2.05, 4.69) is 15.9 Å². The van der Waals surface area contributed by atoms with E-state index in [1.54, 1.807) is 7.05 Å². The first-order valence-corrected chi connectivity index (χ1v) is 5.76. The van der Waals surface area contributed by atoms with E-state index in [1.807, 2.05) is 24.3 Å². The first kappa shape index (κ1) is 11.4. The highest BCUT2D eigenvalue weighted by molar-refractivity contribution is 9.10. The number of carbonyl (C=O) groups is 1. The second kappa shape index (κ2) is 4.39. The minimum atomic E-state index is -0.254. The Morgan fingerprint density at radius 2 is 2.31 bits per heavy atom. The molecular formula is C12H12BrNO2. The summed E-state index contributed by atoms with van der Waals surface area (Å²) in [7, 11) is 1.59. The van der Waals surface area contributed by atoms with Gasteiger partial charge in [0.15, 0.2) is 0 Å². The van der Waals surface area contributed by atoms with Crippen LogP contribution in [0.2, 0.25) is 0 Å². The summed E-state index contributed by atoms with van der Waals surface area (Å²) in [6, 6.07) is 5.96. The standard InChI is InChI=1S/C12H12BrNO2/c1-14(7-15)12(16)10-4-8-2-3-11(13)6-9(8)5-10/h2-4,6,15H,5,7H2,1H3. The van der Waals surface area contributed by atoms with Crippen LogP contribution in [0.1, 0.15) is 11.1 Å². The van der Waals surface area contributed by atoms with Crippen molar-refractivity contribution in [3.8, 4) is 0 Å². The van der Waals surface area contributed by atoms with E-state index in [-0.39, 0.29) is 12.6 Å². The molecule has 1 aromatic carbocycles. The number of aliphatic hydroxyl groups is 1. The van der Waals surface area contributed by atoms with E-state index in [1.165, 1.54) is 4.90 Å². The van der Waals surface area contributed by atoms with Crippen molar-refractivity contribution in [2.45, 2.75) is 6.42 Å². The highest BCUT2D eigenvalue weighted by atomic mass is 79.9. The first-order chi connectivity index (χ1) is 7.61. The van der Waals surface area contributed by atoms with Gasteiger partial charge < -0.3 is 10.0 Å². The molecule has 2 rings (SSSR count). The van der Waals surface area contributed by atoms with Gasteiger partial charge in [-0.3, -0.25) is 4.79 Å². The molecule has 1 aliphatic carbocycles. The van der Waals surface area contributed by atoms with Crippen LogP contribution in [0.15, 0.2) is 28.2 Å². The molecule has 1 N–H and O–H groups in total. The molecule has 0 atom stereocenters. The lowest BCUT2D eigenvalue weighted by atomic mass is 10.1. The van der Waals surface area contributed by atoms with E-state index in [0.29, 0.717) is 6.42 Å². The third-order valence-electron chi connectivity index (χ3n) is 2.65. The second-order valence-corrected chi connectivity index (χ2v) is 4.75. The van der Waals surface area contributed by atoms with Gasteiger partial charge in [-0.25, -0.2) is 0 Å². The Hall–Kier alpha value is -1.13. The Morgan fingerprint density at radius 1 is 1.56 bits per heavy atom. The van der Waals surface area contributed by atoms with Gasteiger partial charge in [0.1, 0.15) is 6.73 Å². The van der Waals surface area contributed by atoms with E-state index in [9.17, 15) is 4.79 Å². The molecule has 1 aromatic rings. The van der Waals surface area contributed by atoms with Crippen LogP contribution in [0.25, 0.3) is 6.08 Å². The van der Waals surface area contributed by atoms with Crippen molar-refractivity contribution < 1.29 is 9.90 Å². The largest absolute Gasteiger partial charge is 0.376 e. The molecule has 1 aliphatic rings. The van der Waals surface area contributed by atoms with E-state index in [4.69, 9.17) is 5.11 Å². The molecule has 0 unspecified atom stereocenters. The fourth-order valence-electron chi connectivity index (χ4n) is 1.76. The zero-order valence-corrected chi connectivity index (χ0v) is 10.5. The maximum atomic E-state index is 11.8. The minimum absolute atomic E-state index is 0.116. The molecule has 0 fully saturated rings. The Balaban J connectivity index is 2.23. The zero-order valence-electron chi connectivity index (χ0n) is 8.90. The molecule has 4 heteroatoms. The van der Waals surface area contributed by atoms with Crippen LogP contribution in [-0.4, -0.2) is 29.7 Å². The number of carbonyl (C=O) groups excluding carboxylic acids is 1. The van der Waals surface area contributed by atoms with Crippen LogP contribution in [0, 0.1) is 0 Å². The number of hydrogen-bond acceptors (Lipinski definition) is 2. The first-order valence-electron chi connectivity index (χ1n) is 4.97. The van der Waals surface area contributed by atoms with Crippen molar-refractivity contribution in [2.24, 2.45) is 0 Å². The summed E-state index contributed by atoms with van der Waals surface area (Å²) >= 11 is 3.41. The average molecular weight is 282 g/mol. The summed E-state index contributed by atoms with van der Waals surface area (Å²) in [4.78, 5) is 13.1. The number of aliphatic hydroxyl groups excluding tert-OH is 1. The Labute approximate surface area is 103 Å². The molecule has 16 heavy (non-hydrogen) atoms. The van der Waals surface area contributed by atoms with Crippen molar-refractivity contribution in [3.05, 3.63) is 39.4 Å². The number of nitrogens with zero attached hydrogens (tertiary/aromatic N) is 1. The number of likely N-dealkylation sites (N-methyl/N-ethyl adjacent to an activating group) is 1. The fraction of sp³-hybridized carbons (Fsp3) is 0.250. The lowest BCUT2D eigenvalue weighted by Gasteiger charge is -2.13. The SMILES string of the molecule is CN(CO)C(=O)C1=Cc2ccc(Br)cc2C1. The number of halogens is 1. The molecule has 0 radical (unpaired) electrons. The van der Waals surface area contributed by atoms with Gasteiger partial charge in [0.2, 0.25) is 0 Å². The number of hydrogen-bond donors (Lipinski definition) is 1. The molecular weight excluding hydrogens is 270 g/mol. The van der Waals surface area contributed by atoms with Crippen molar-refractivity contribution in [3.63, 3.8) is 0 Å². The van der Waals surface area contributed by atoms with Crippen LogP contribution in [0.5, 0.6) is 0 Å². The van der Waals surface area contributed by atoms with Crippen molar-refractivity contribution in [2.75, 3.05) is 13.8 Å². The summed E-state index contributed by atoms with van der Waals surface area (Å²) in [6.45, 7) is -0.254. The predicted molar refractivity (Wildman–Crippen MR) is 65.7 cm³/mol. The van der Waals surface area contributed by atoms with Crippen molar-refractivity contribution in [1.82, 2.24) is 4.90 Å². The molecule has 0 bridgehead atoms. The smallest absolute Gasteiger partial charge is 0.251 e. The molecule has 0 aliphatic heterocycles. The van der Waals surface area contributed by atoms with Crippen molar-refractivity contribution >= 4 is 27.9 Å². The summed E-state index contributed by atoms with van der Waals surface area (Å²) in [6.07, 6.45) is 2.52. The lowest BCUT2D eigenvalue weighted by molar-refractivity contribution is -0.128. The third-order valence-corrected chi connectivity index (χ3v) is 3.14. The molecule has 0 heterocycles. The van der Waals surface area contributed by atoms with E-state index in [0.717, 1.165) is 21.2 Å². The minimum Gasteiger partial charge on any atom is -0.376 e. The summed E-state index contributed by atoms with van der Waals surface area (Å²) in [5.74, 6) is -0.116. The van der Waals surface area contributed by atoms with Crippen molar-refractivity contribution in [1.29, 1.82) is 0 Å². The summed E-state index contributed by atoms with van der Waals surface area (Å²) in [5.41, 5.74) is 2.95. The highest BCUT2D eigenvalue weighted by Crippen LogP contribution is 2.28. The average Bonchev–Trinajstić information content (AvgIpc) is 2.69. The van der Waals surface area contributed by atoms with Crippen LogP contribution in [0.3, 0.4) is 0 Å². The number of fused-ring (bicyclic) bond motifs is 1. The van der Waals surface area contributed by atoms with Gasteiger partial charge in [-0.15, -0.1) is 0 Å². The predicted octanol–water partition coefficient (Wildman–Crippen LogP) is 1.80. The van der Waals surface area contributed by atoms with Gasteiger partial charge in [0, 0.05) is 23.5 Å². The fourth-order valence-corrected chi connectivity index (χ4v) is 2.17. The quantitative estimate of drug-likeness (QED) is 0.840. The van der Waals surface area contributed by atoms with Gasteiger partial charge in [0.25, 0.3) is 5.91 Å². The highest BCUT2D eigenvalue weighted by Gasteiger charge is 2.20. The van der Waals surface area contributed by atoms with Gasteiger partial charge >= 0.3 is 0 Å². The second-order valence-electron chi connectivity index (χ2n) is 3.83. The number of rotatable bonds is 2. The third kappa shape index (κ3) is 2.03. The molecule has 0 aromatic heterocycles. The monoisotopic (exact) mass is 281 g/mol. The van der Waals surface area contributed by atoms with Crippen LogP contribution >= 0.6 is 15.9 Å². The van der Waals surface area contributed by atoms with Gasteiger partial charge in [-0.05, 0) is 29.3 Å². The summed E-state index contributed by atoms with van der Waals surface area (Å²) in [5, 5.41) is 8.90. The van der Waals surface area contributed by atoms with Gasteiger partial charge in [-0.1, -0.05) is 22.0 Å². The summed E-state index contributed by atoms with van der Waals surface area (Å²) < 4.78 is 1.02. The normalized spacial score (nSPS) is 13.3. The number of amides is 1. The van der Waals surface area contributed by atoms with Crippen LogP contribution in [-0.2, 0) is 11.2 Å². The maximum absolute atomic E-state index is 11.8. The molecule has 0 saturated heterocycles. The molecule has 3 nitrogen and oxygen atoms in total. The Kier molecular flexibility index (Phi) is 3.12. The van der Waals surface area contributed by atoms with Crippen LogP contribution in [0.4, 0.5) is 0 Å². The molecule has 0 spiro atoms. The Morgan fingerprint density at radius 3 is 3.00 bits per heavy atom. The molecule has 84 valence electrons. The number of benzene rings is 1. The Bertz CT molecular complexity index is 468. The topological polar surface area (TPSA) is 40.5 Å². The molecule has 1 amide bonds. The van der Waals surface area contributed by atoms with Gasteiger partial charge in [0.05, 0.1) is 0 Å². The van der Waals surface area contributed by atoms with Gasteiger partial charge in [-0.2, -0.15) is 0 Å². The van der Waals surface area contributed by atoms with E-state index >= 15 is 0 Å². The lowest BCUT2D eigenvalue weighted by Crippen LogP contribution is -2.28. The molecule has 0 saturated carbocycles. The maximum Gasteiger partial charge on any atom is 0.251 e. The van der Waals surface area contributed by atoms with Crippen LogP contribution < -0.4 is 0 Å². The zero-order chi connectivity index (χ0) is 11.7.